The molecule has 19 heteroatoms. The molecule has 0 bridgehead atoms. The molecule has 0 aromatic heterocycles. The molecule has 0 spiro atoms. The highest BCUT2D eigenvalue weighted by molar-refractivity contribution is 7.47. The second-order valence-electron chi connectivity index (χ2n) is 33.7. The molecule has 0 fully saturated rings. The highest BCUT2D eigenvalue weighted by atomic mass is 31.2. The van der Waals surface area contributed by atoms with Crippen LogP contribution in [0.2, 0.25) is 0 Å². The third-order valence-corrected chi connectivity index (χ3v) is 24.0. The van der Waals surface area contributed by atoms with Gasteiger partial charge in [-0.3, -0.25) is 37.3 Å². The van der Waals surface area contributed by atoms with Crippen LogP contribution in [-0.2, 0) is 65.4 Å². The van der Waals surface area contributed by atoms with E-state index < -0.39 is 97.5 Å². The lowest BCUT2D eigenvalue weighted by atomic mass is 9.99. The van der Waals surface area contributed by atoms with Crippen LogP contribution in [0.4, 0.5) is 0 Å². The van der Waals surface area contributed by atoms with Crippen molar-refractivity contribution >= 4 is 39.5 Å². The summed E-state index contributed by atoms with van der Waals surface area (Å²) in [6.07, 6.45) is 73.6. The van der Waals surface area contributed by atoms with Crippen molar-refractivity contribution in [1.29, 1.82) is 0 Å². The van der Waals surface area contributed by atoms with Gasteiger partial charge in [-0.05, 0) is 43.4 Å². The van der Waals surface area contributed by atoms with Gasteiger partial charge in [0.2, 0.25) is 0 Å². The standard InChI is InChI=1S/C91H178O17P2/c1-8-11-12-13-14-15-16-29-36-44-51-58-65-72-88(93)101-79-87(108-91(96)75-68-61-54-47-40-39-41-48-55-62-69-82(4)5)81-106-110(99,100)104-77-85(92)76-103-109(97,98)105-80-86(107-90(95)74-67-60-53-46-38-33-28-24-20-18-22-26-31-35-43-50-57-64-71-84(7)10-3)78-102-89(94)73-66-59-52-45-37-32-27-23-19-17-21-25-30-34-42-49-56-63-70-83(6)9-2/h82-87,92H,8-81H2,1-7H3,(H,97,98)(H,99,100)/t83?,84?,85-,86-,87-/m1/s1. The van der Waals surface area contributed by atoms with Crippen molar-refractivity contribution in [3.05, 3.63) is 0 Å². The molecule has 7 atom stereocenters. The normalized spacial score (nSPS) is 14.3. The van der Waals surface area contributed by atoms with E-state index in [2.05, 4.69) is 48.5 Å². The van der Waals surface area contributed by atoms with Crippen molar-refractivity contribution in [1.82, 2.24) is 0 Å². The summed E-state index contributed by atoms with van der Waals surface area (Å²) in [5.74, 6) is 0.399. The Kier molecular flexibility index (Phi) is 79.4. The molecule has 4 unspecified atom stereocenters. The molecule has 0 aromatic carbocycles. The van der Waals surface area contributed by atoms with Crippen LogP contribution in [0.15, 0.2) is 0 Å². The van der Waals surface area contributed by atoms with Crippen LogP contribution in [0.25, 0.3) is 0 Å². The van der Waals surface area contributed by atoms with Crippen LogP contribution in [0.1, 0.15) is 485 Å². The molecule has 0 heterocycles. The Hall–Kier alpha value is -1.94. The lowest BCUT2D eigenvalue weighted by molar-refractivity contribution is -0.161. The molecule has 0 aliphatic heterocycles. The van der Waals surface area contributed by atoms with Gasteiger partial charge >= 0.3 is 39.5 Å². The average Bonchev–Trinajstić information content (AvgIpc) is 0.894. The Morgan fingerprint density at radius 3 is 0.691 bits per heavy atom. The van der Waals surface area contributed by atoms with Gasteiger partial charge in [0.25, 0.3) is 0 Å². The second kappa shape index (κ2) is 80.8. The topological polar surface area (TPSA) is 237 Å². The van der Waals surface area contributed by atoms with E-state index in [9.17, 15) is 43.2 Å². The van der Waals surface area contributed by atoms with Crippen LogP contribution in [0, 0.1) is 17.8 Å². The van der Waals surface area contributed by atoms with Gasteiger partial charge in [0.1, 0.15) is 19.3 Å². The predicted octanol–water partition coefficient (Wildman–Crippen LogP) is 28.0. The summed E-state index contributed by atoms with van der Waals surface area (Å²) in [7, 11) is -9.93. The van der Waals surface area contributed by atoms with Crippen LogP contribution < -0.4 is 0 Å². The van der Waals surface area contributed by atoms with Gasteiger partial charge < -0.3 is 33.8 Å². The third kappa shape index (κ3) is 81.2. The van der Waals surface area contributed by atoms with Crippen LogP contribution in [-0.4, -0.2) is 96.7 Å². The van der Waals surface area contributed by atoms with Crippen molar-refractivity contribution in [2.75, 3.05) is 39.6 Å². The largest absolute Gasteiger partial charge is 0.472 e. The summed E-state index contributed by atoms with van der Waals surface area (Å²) >= 11 is 0. The molecule has 0 aromatic rings. The first-order chi connectivity index (χ1) is 53.3. The number of hydrogen-bond acceptors (Lipinski definition) is 15. The van der Waals surface area contributed by atoms with Crippen LogP contribution in [0.3, 0.4) is 0 Å². The van der Waals surface area contributed by atoms with Crippen LogP contribution >= 0.6 is 15.6 Å². The number of esters is 4. The van der Waals surface area contributed by atoms with Gasteiger partial charge in [-0.1, -0.05) is 434 Å². The number of phosphoric ester groups is 2. The third-order valence-electron chi connectivity index (χ3n) is 22.1. The Balaban J connectivity index is 5.23. The predicted molar refractivity (Wildman–Crippen MR) is 455 cm³/mol. The highest BCUT2D eigenvalue weighted by Crippen LogP contribution is 2.45. The van der Waals surface area contributed by atoms with Gasteiger partial charge in [0.15, 0.2) is 12.2 Å². The zero-order chi connectivity index (χ0) is 80.8. The Morgan fingerprint density at radius 2 is 0.464 bits per heavy atom. The Labute approximate surface area is 677 Å². The van der Waals surface area contributed by atoms with E-state index in [0.29, 0.717) is 25.7 Å². The molecule has 0 rings (SSSR count). The van der Waals surface area contributed by atoms with Crippen molar-refractivity contribution in [3.63, 3.8) is 0 Å². The molecular formula is C91H178O17P2. The lowest BCUT2D eigenvalue weighted by Crippen LogP contribution is -2.30. The van der Waals surface area contributed by atoms with Crippen molar-refractivity contribution in [2.45, 2.75) is 503 Å². The number of carbonyl (C=O) groups excluding carboxylic acids is 4. The molecule has 110 heavy (non-hydrogen) atoms. The molecule has 17 nitrogen and oxygen atoms in total. The number of unbranched alkanes of at least 4 members (excludes halogenated alkanes) is 55. The van der Waals surface area contributed by atoms with E-state index in [1.54, 1.807) is 0 Å². The summed E-state index contributed by atoms with van der Waals surface area (Å²) in [5.41, 5.74) is 0. The summed E-state index contributed by atoms with van der Waals surface area (Å²) < 4.78 is 69.0. The zero-order valence-electron chi connectivity index (χ0n) is 72.7. The number of aliphatic hydroxyl groups is 1. The van der Waals surface area contributed by atoms with E-state index >= 15 is 0 Å². The Bertz CT molecular complexity index is 2120. The minimum atomic E-state index is -4.97. The maximum Gasteiger partial charge on any atom is 0.472 e. The number of aliphatic hydroxyl groups excluding tert-OH is 1. The minimum Gasteiger partial charge on any atom is -0.462 e. The molecular weight excluding hydrogens is 1430 g/mol. The summed E-state index contributed by atoms with van der Waals surface area (Å²) in [4.78, 5) is 73.4. The highest BCUT2D eigenvalue weighted by Gasteiger charge is 2.31. The van der Waals surface area contributed by atoms with Crippen LogP contribution in [0.5, 0.6) is 0 Å². The van der Waals surface area contributed by atoms with E-state index in [0.717, 1.165) is 108 Å². The monoisotopic (exact) mass is 1610 g/mol. The van der Waals surface area contributed by atoms with Gasteiger partial charge in [-0.25, -0.2) is 9.13 Å². The molecule has 654 valence electrons. The molecule has 0 amide bonds. The quantitative estimate of drug-likeness (QED) is 0.0222. The van der Waals surface area contributed by atoms with Gasteiger partial charge in [-0.2, -0.15) is 0 Å². The Morgan fingerprint density at radius 1 is 0.264 bits per heavy atom. The number of hydrogen-bond donors (Lipinski definition) is 3. The zero-order valence-corrected chi connectivity index (χ0v) is 74.5. The smallest absolute Gasteiger partial charge is 0.462 e. The van der Waals surface area contributed by atoms with E-state index in [1.165, 1.54) is 295 Å². The van der Waals surface area contributed by atoms with Gasteiger partial charge in [0.05, 0.1) is 26.4 Å². The van der Waals surface area contributed by atoms with Crippen molar-refractivity contribution in [2.24, 2.45) is 17.8 Å². The van der Waals surface area contributed by atoms with Crippen molar-refractivity contribution < 1.29 is 80.2 Å². The lowest BCUT2D eigenvalue weighted by Gasteiger charge is -2.21. The molecule has 3 N–H and O–H groups in total. The first kappa shape index (κ1) is 108. The summed E-state index contributed by atoms with van der Waals surface area (Å²) in [5, 5.41) is 10.7. The fraction of sp³-hybridized carbons (Fsp3) is 0.956. The fourth-order valence-corrected chi connectivity index (χ4v) is 15.8. The first-order valence-corrected chi connectivity index (χ1v) is 49.9. The molecule has 0 saturated heterocycles. The maximum atomic E-state index is 13.2. The number of ether oxygens (including phenoxy) is 4. The van der Waals surface area contributed by atoms with Gasteiger partial charge in [0, 0.05) is 25.7 Å². The van der Waals surface area contributed by atoms with E-state index in [1.807, 2.05) is 0 Å². The SMILES string of the molecule is CCCCCCCCCCCCCCCC(=O)OC[C@H](COP(=O)(O)OC[C@H](O)COP(=O)(O)OC[C@@H](COC(=O)CCCCCCCCCCCCCCCCCCCCC(C)CC)OC(=O)CCCCCCCCCCCCCCCCCCCCC(C)CC)OC(=O)CCCCCCCCCCCCC(C)C. The second-order valence-corrected chi connectivity index (χ2v) is 36.6. The molecule has 0 aliphatic carbocycles. The number of carbonyl (C=O) groups is 4. The van der Waals surface area contributed by atoms with E-state index in [4.69, 9.17) is 37.0 Å². The van der Waals surface area contributed by atoms with E-state index in [-0.39, 0.29) is 25.7 Å². The first-order valence-electron chi connectivity index (χ1n) is 46.9. The molecule has 0 saturated carbocycles. The molecule has 0 radical (unpaired) electrons. The number of phosphoric acid groups is 2. The number of rotatable bonds is 89. The summed E-state index contributed by atoms with van der Waals surface area (Å²) in [6, 6.07) is 0. The van der Waals surface area contributed by atoms with Crippen molar-refractivity contribution in [3.8, 4) is 0 Å². The average molecular weight is 1610 g/mol. The maximum absolute atomic E-state index is 13.2. The molecule has 0 aliphatic rings. The fourth-order valence-electron chi connectivity index (χ4n) is 14.2. The summed E-state index contributed by atoms with van der Waals surface area (Å²) in [6.45, 7) is 12.1. The minimum absolute atomic E-state index is 0.107. The van der Waals surface area contributed by atoms with Gasteiger partial charge in [-0.15, -0.1) is 0 Å².